The molecule has 142 valence electrons. The van der Waals surface area contributed by atoms with Crippen LogP contribution in [0.2, 0.25) is 0 Å². The van der Waals surface area contributed by atoms with Crippen molar-refractivity contribution in [2.75, 3.05) is 0 Å². The van der Waals surface area contributed by atoms with E-state index in [4.69, 9.17) is 0 Å². The van der Waals surface area contributed by atoms with Gasteiger partial charge in [0.05, 0.1) is 0 Å². The van der Waals surface area contributed by atoms with Crippen molar-refractivity contribution in [1.29, 1.82) is 0 Å². The molecule has 4 aromatic carbocycles. The monoisotopic (exact) mass is 395 g/mol. The summed E-state index contributed by atoms with van der Waals surface area (Å²) >= 11 is 0. The Kier molecular flexibility index (Phi) is 6.14. The second-order valence-electron chi connectivity index (χ2n) is 6.73. The normalized spacial score (nSPS) is 10.7. The minimum atomic E-state index is -0.720. The number of benzene rings is 4. The molecule has 0 aliphatic carbocycles. The molecule has 0 spiro atoms. The Bertz CT molecular complexity index is 1030. The molecule has 0 radical (unpaired) electrons. The van der Waals surface area contributed by atoms with Gasteiger partial charge in [0.15, 0.2) is 0 Å². The summed E-state index contributed by atoms with van der Waals surface area (Å²) < 4.78 is 0. The molecule has 1 N–H and O–H groups in total. The zero-order chi connectivity index (χ0) is 19.9. The number of hydrogen-bond acceptors (Lipinski definition) is 1. The number of rotatable bonds is 6. The number of nitrogens with one attached hydrogen (secondary N) is 1. The smallest absolute Gasteiger partial charge is 0.251 e. The number of hydrogen-bond donors (Lipinski definition) is 1. The van der Waals surface area contributed by atoms with E-state index in [2.05, 4.69) is 59.9 Å². The Hall–Kier alpha value is -3.22. The van der Waals surface area contributed by atoms with Crippen molar-refractivity contribution >= 4 is 29.7 Å². The van der Waals surface area contributed by atoms with Gasteiger partial charge in [-0.05, 0) is 41.5 Å². The Labute approximate surface area is 173 Å². The van der Waals surface area contributed by atoms with Gasteiger partial charge in [0.1, 0.15) is 0 Å². The van der Waals surface area contributed by atoms with E-state index >= 15 is 0 Å². The van der Waals surface area contributed by atoms with Crippen molar-refractivity contribution in [3.63, 3.8) is 0 Å². The largest absolute Gasteiger partial charge is 0.348 e. The summed E-state index contributed by atoms with van der Waals surface area (Å²) in [5, 5.41) is 6.75. The molecule has 0 aromatic heterocycles. The summed E-state index contributed by atoms with van der Waals surface area (Å²) in [5.74, 6) is -0.0493. The third-order valence-electron chi connectivity index (χ3n) is 4.69. The average molecular weight is 395 g/mol. The lowest BCUT2D eigenvalue weighted by atomic mass is 10.2. The first-order valence-electron chi connectivity index (χ1n) is 9.64. The van der Waals surface area contributed by atoms with Crippen molar-refractivity contribution in [2.45, 2.75) is 6.54 Å². The summed E-state index contributed by atoms with van der Waals surface area (Å²) in [4.78, 5) is 12.8. The summed E-state index contributed by atoms with van der Waals surface area (Å²) in [7, 11) is -0.720. The van der Waals surface area contributed by atoms with Crippen LogP contribution < -0.4 is 21.2 Å². The Balaban J connectivity index is 1.62. The zero-order valence-corrected chi connectivity index (χ0v) is 16.9. The minimum absolute atomic E-state index is 0.0493. The van der Waals surface area contributed by atoms with Gasteiger partial charge in [-0.3, -0.25) is 4.79 Å². The molecule has 0 unspecified atom stereocenters. The molecule has 1 amide bonds. The van der Waals surface area contributed by atoms with Crippen LogP contribution in [-0.2, 0) is 6.54 Å². The van der Waals surface area contributed by atoms with E-state index in [1.807, 2.05) is 60.7 Å². The summed E-state index contributed by atoms with van der Waals surface area (Å²) in [6.45, 7) is 0.524. The van der Waals surface area contributed by atoms with Crippen molar-refractivity contribution < 1.29 is 4.79 Å². The van der Waals surface area contributed by atoms with Crippen LogP contribution in [0.4, 0.5) is 0 Å². The lowest BCUT2D eigenvalue weighted by Gasteiger charge is -2.20. The maximum Gasteiger partial charge on any atom is 0.251 e. The summed E-state index contributed by atoms with van der Waals surface area (Å²) in [5.41, 5.74) is 1.78. The molecule has 4 rings (SSSR count). The molecule has 0 heterocycles. The molecular weight excluding hydrogens is 373 g/mol. The van der Waals surface area contributed by atoms with Gasteiger partial charge >= 0.3 is 0 Å². The fourth-order valence-corrected chi connectivity index (χ4v) is 5.61. The Morgan fingerprint density at radius 3 is 1.72 bits per heavy atom. The lowest BCUT2D eigenvalue weighted by Crippen LogP contribution is -2.25. The second kappa shape index (κ2) is 9.32. The molecule has 0 saturated heterocycles. The number of amides is 1. The first-order valence-corrected chi connectivity index (χ1v) is 11.0. The van der Waals surface area contributed by atoms with E-state index in [9.17, 15) is 4.79 Å². The van der Waals surface area contributed by atoms with Gasteiger partial charge in [0.25, 0.3) is 5.91 Å². The number of carbonyl (C=O) groups is 1. The minimum Gasteiger partial charge on any atom is -0.348 e. The fraction of sp³-hybridized carbons (Fsp3) is 0.0385. The van der Waals surface area contributed by atoms with Crippen LogP contribution in [0.3, 0.4) is 0 Å². The van der Waals surface area contributed by atoms with E-state index in [0.29, 0.717) is 12.1 Å². The van der Waals surface area contributed by atoms with Crippen molar-refractivity contribution in [3.05, 3.63) is 126 Å². The van der Waals surface area contributed by atoms with Crippen LogP contribution in [0.1, 0.15) is 15.9 Å². The van der Waals surface area contributed by atoms with E-state index in [1.54, 1.807) is 0 Å². The van der Waals surface area contributed by atoms with Gasteiger partial charge in [-0.2, -0.15) is 0 Å². The highest BCUT2D eigenvalue weighted by molar-refractivity contribution is 7.79. The van der Waals surface area contributed by atoms with E-state index < -0.39 is 7.92 Å². The molecule has 3 heteroatoms. The Morgan fingerprint density at radius 2 is 1.14 bits per heavy atom. The van der Waals surface area contributed by atoms with Crippen LogP contribution >= 0.6 is 7.92 Å². The predicted octanol–water partition coefficient (Wildman–Crippen LogP) is 4.37. The van der Waals surface area contributed by atoms with E-state index in [-0.39, 0.29) is 5.91 Å². The number of carbonyl (C=O) groups excluding carboxylic acids is 1. The van der Waals surface area contributed by atoms with Crippen molar-refractivity contribution in [1.82, 2.24) is 5.32 Å². The molecular formula is C26H22NOP. The van der Waals surface area contributed by atoms with E-state index in [1.165, 1.54) is 15.9 Å². The highest BCUT2D eigenvalue weighted by Gasteiger charge is 2.17. The van der Waals surface area contributed by atoms with Crippen LogP contribution in [0.5, 0.6) is 0 Å². The third kappa shape index (κ3) is 4.80. The van der Waals surface area contributed by atoms with Gasteiger partial charge in [-0.25, -0.2) is 0 Å². The van der Waals surface area contributed by atoms with Gasteiger partial charge in [0.2, 0.25) is 0 Å². The van der Waals surface area contributed by atoms with Crippen LogP contribution in [0.15, 0.2) is 115 Å². The molecule has 0 atom stereocenters. The second-order valence-corrected chi connectivity index (χ2v) is 8.95. The lowest BCUT2D eigenvalue weighted by molar-refractivity contribution is 0.0951. The quantitative estimate of drug-likeness (QED) is 0.483. The third-order valence-corrected chi connectivity index (χ3v) is 7.11. The SMILES string of the molecule is O=C(NCc1ccccc1)c1cccc(P(c2ccccc2)c2ccccc2)c1. The average Bonchev–Trinajstić information content (AvgIpc) is 2.80. The maximum atomic E-state index is 12.8. The molecule has 4 aromatic rings. The van der Waals surface area contributed by atoms with Gasteiger partial charge in [-0.15, -0.1) is 0 Å². The molecule has 0 aliphatic heterocycles. The standard InChI is InChI=1S/C26H22NOP/c28-26(27-20-21-11-4-1-5-12-21)22-13-10-18-25(19-22)29(23-14-6-2-7-15-23)24-16-8-3-9-17-24/h1-19H,20H2,(H,27,28). The molecule has 0 saturated carbocycles. The predicted molar refractivity (Wildman–Crippen MR) is 123 cm³/mol. The van der Waals surface area contributed by atoms with Crippen molar-refractivity contribution in [3.8, 4) is 0 Å². The Morgan fingerprint density at radius 1 is 0.621 bits per heavy atom. The molecule has 29 heavy (non-hydrogen) atoms. The maximum absolute atomic E-state index is 12.8. The summed E-state index contributed by atoms with van der Waals surface area (Å²) in [6.07, 6.45) is 0. The molecule has 0 bridgehead atoms. The molecule has 0 fully saturated rings. The molecule has 0 aliphatic rings. The van der Waals surface area contributed by atoms with Gasteiger partial charge < -0.3 is 5.32 Å². The van der Waals surface area contributed by atoms with Gasteiger partial charge in [0, 0.05) is 12.1 Å². The van der Waals surface area contributed by atoms with E-state index in [0.717, 1.165) is 5.56 Å². The van der Waals surface area contributed by atoms with Gasteiger partial charge in [-0.1, -0.05) is 103 Å². The topological polar surface area (TPSA) is 29.1 Å². The molecule has 2 nitrogen and oxygen atoms in total. The summed E-state index contributed by atoms with van der Waals surface area (Å²) in [6, 6.07) is 39.0. The first-order chi connectivity index (χ1) is 14.3. The van der Waals surface area contributed by atoms with Crippen molar-refractivity contribution in [2.24, 2.45) is 0 Å². The highest BCUT2D eigenvalue weighted by atomic mass is 31.1. The fourth-order valence-electron chi connectivity index (χ4n) is 3.27. The first kappa shape index (κ1) is 19.1. The highest BCUT2D eigenvalue weighted by Crippen LogP contribution is 2.32. The van der Waals surface area contributed by atoms with Crippen LogP contribution in [-0.4, -0.2) is 5.91 Å². The van der Waals surface area contributed by atoms with Crippen LogP contribution in [0, 0.1) is 0 Å². The van der Waals surface area contributed by atoms with Crippen LogP contribution in [0.25, 0.3) is 0 Å². The zero-order valence-electron chi connectivity index (χ0n) is 16.0.